The average molecular weight is 223 g/mol. The van der Waals surface area contributed by atoms with E-state index in [9.17, 15) is 4.79 Å². The molecule has 16 heavy (non-hydrogen) atoms. The van der Waals surface area contributed by atoms with Gasteiger partial charge in [0.15, 0.2) is 0 Å². The summed E-state index contributed by atoms with van der Waals surface area (Å²) in [5, 5.41) is 6.58. The van der Waals surface area contributed by atoms with Gasteiger partial charge in [-0.15, -0.1) is 0 Å². The maximum Gasteiger partial charge on any atom is 0.266 e. The highest BCUT2D eigenvalue weighted by Crippen LogP contribution is 2.11. The predicted octanol–water partition coefficient (Wildman–Crippen LogP) is 1.13. The normalized spacial score (nSPS) is 21.2. The van der Waals surface area contributed by atoms with E-state index >= 15 is 0 Å². The lowest BCUT2D eigenvalue weighted by Gasteiger charge is -2.22. The van der Waals surface area contributed by atoms with E-state index in [1.165, 1.54) is 12.8 Å². The lowest BCUT2D eigenvalue weighted by molar-refractivity contribution is 0.321. The van der Waals surface area contributed by atoms with Crippen LogP contribution in [-0.2, 0) is 13.0 Å². The number of rotatable bonds is 4. The molecule has 1 aromatic rings. The van der Waals surface area contributed by atoms with Gasteiger partial charge in [-0.25, -0.2) is 0 Å². The molecule has 1 atom stereocenters. The van der Waals surface area contributed by atoms with Gasteiger partial charge in [-0.2, -0.15) is 0 Å². The summed E-state index contributed by atoms with van der Waals surface area (Å²) < 4.78 is 1.77. The van der Waals surface area contributed by atoms with Crippen molar-refractivity contribution in [3.63, 3.8) is 0 Å². The summed E-state index contributed by atoms with van der Waals surface area (Å²) >= 11 is 0. The first-order valence-corrected chi connectivity index (χ1v) is 6.29. The molecule has 1 fully saturated rings. The quantitative estimate of drug-likeness (QED) is 0.804. The average Bonchev–Trinajstić information content (AvgIpc) is 2.61. The molecule has 0 aliphatic carbocycles. The van der Waals surface area contributed by atoms with E-state index in [0.717, 1.165) is 38.2 Å². The van der Waals surface area contributed by atoms with Crippen LogP contribution < -0.4 is 10.9 Å². The molecule has 0 amide bonds. The van der Waals surface area contributed by atoms with Gasteiger partial charge in [-0.1, -0.05) is 13.3 Å². The van der Waals surface area contributed by atoms with Crippen LogP contribution in [0.1, 0.15) is 31.9 Å². The summed E-state index contributed by atoms with van der Waals surface area (Å²) in [6.07, 6.45) is 4.49. The number of aromatic nitrogens is 2. The summed E-state index contributed by atoms with van der Waals surface area (Å²) in [4.78, 5) is 11.7. The molecule has 4 heteroatoms. The maximum atomic E-state index is 11.7. The number of nitrogens with one attached hydrogen (secondary N) is 2. The zero-order valence-electron chi connectivity index (χ0n) is 9.96. The largest absolute Gasteiger partial charge is 0.316 e. The minimum absolute atomic E-state index is 0.119. The van der Waals surface area contributed by atoms with Crippen LogP contribution in [0.4, 0.5) is 0 Å². The molecule has 2 heterocycles. The lowest BCUT2D eigenvalue weighted by atomic mass is 10.00. The molecule has 1 saturated heterocycles. The van der Waals surface area contributed by atoms with Crippen molar-refractivity contribution in [1.82, 2.24) is 15.1 Å². The smallest absolute Gasteiger partial charge is 0.266 e. The van der Waals surface area contributed by atoms with Gasteiger partial charge in [-0.05, 0) is 38.3 Å². The minimum atomic E-state index is 0.119. The molecule has 0 bridgehead atoms. The lowest BCUT2D eigenvalue weighted by Crippen LogP contribution is -2.34. The summed E-state index contributed by atoms with van der Waals surface area (Å²) in [5.41, 5.74) is 1.19. The van der Waals surface area contributed by atoms with Crippen molar-refractivity contribution >= 4 is 0 Å². The second-order valence-electron chi connectivity index (χ2n) is 4.69. The van der Waals surface area contributed by atoms with Gasteiger partial charge in [0.2, 0.25) is 0 Å². The molecular formula is C12H21N3O. The number of piperidine rings is 1. The van der Waals surface area contributed by atoms with Crippen molar-refractivity contribution in [2.75, 3.05) is 13.1 Å². The van der Waals surface area contributed by atoms with Gasteiger partial charge in [0, 0.05) is 18.3 Å². The van der Waals surface area contributed by atoms with E-state index in [1.807, 2.05) is 0 Å². The van der Waals surface area contributed by atoms with Gasteiger partial charge < -0.3 is 5.32 Å². The minimum Gasteiger partial charge on any atom is -0.316 e. The fourth-order valence-corrected chi connectivity index (χ4v) is 2.36. The third-order valence-corrected chi connectivity index (χ3v) is 3.20. The molecule has 0 aromatic carbocycles. The zero-order chi connectivity index (χ0) is 11.4. The van der Waals surface area contributed by atoms with Crippen molar-refractivity contribution in [3.8, 4) is 0 Å². The Balaban J connectivity index is 1.99. The van der Waals surface area contributed by atoms with Crippen LogP contribution in [-0.4, -0.2) is 22.9 Å². The second-order valence-corrected chi connectivity index (χ2v) is 4.69. The van der Waals surface area contributed by atoms with E-state index in [1.54, 1.807) is 10.7 Å². The molecule has 0 saturated carbocycles. The number of hydrogen-bond acceptors (Lipinski definition) is 2. The highest BCUT2D eigenvalue weighted by molar-refractivity contribution is 4.99. The Hall–Kier alpha value is -1.03. The molecule has 1 aliphatic rings. The van der Waals surface area contributed by atoms with Gasteiger partial charge in [0.05, 0.1) is 0 Å². The summed E-state index contributed by atoms with van der Waals surface area (Å²) in [6, 6.07) is 1.74. The molecular weight excluding hydrogens is 202 g/mol. The van der Waals surface area contributed by atoms with E-state index in [-0.39, 0.29) is 5.56 Å². The van der Waals surface area contributed by atoms with Crippen molar-refractivity contribution in [1.29, 1.82) is 0 Å². The molecule has 2 N–H and O–H groups in total. The number of aromatic amines is 1. The standard InChI is InChI=1S/C12H21N3O/c1-2-4-11-7-12(16)15(14-11)9-10-5-3-6-13-8-10/h7,10,13-14H,2-6,8-9H2,1H3. The van der Waals surface area contributed by atoms with Crippen LogP contribution >= 0.6 is 0 Å². The molecule has 2 rings (SSSR count). The van der Waals surface area contributed by atoms with Gasteiger partial charge in [0.25, 0.3) is 5.56 Å². The third-order valence-electron chi connectivity index (χ3n) is 3.20. The molecule has 90 valence electrons. The highest BCUT2D eigenvalue weighted by Gasteiger charge is 2.14. The van der Waals surface area contributed by atoms with Gasteiger partial charge in [-0.3, -0.25) is 14.6 Å². The number of aryl methyl sites for hydroxylation is 1. The molecule has 1 aliphatic heterocycles. The number of H-pyrrole nitrogens is 1. The first-order valence-electron chi connectivity index (χ1n) is 6.29. The monoisotopic (exact) mass is 223 g/mol. The van der Waals surface area contributed by atoms with Crippen LogP contribution in [0.2, 0.25) is 0 Å². The SMILES string of the molecule is CCCc1cc(=O)n(CC2CCCNC2)[nH]1. The Morgan fingerprint density at radius 2 is 2.44 bits per heavy atom. The van der Waals surface area contributed by atoms with Crippen LogP contribution in [0.15, 0.2) is 10.9 Å². The second kappa shape index (κ2) is 5.34. The zero-order valence-corrected chi connectivity index (χ0v) is 9.96. The number of hydrogen-bond donors (Lipinski definition) is 2. The Morgan fingerprint density at radius 1 is 1.56 bits per heavy atom. The molecule has 0 radical (unpaired) electrons. The van der Waals surface area contributed by atoms with Crippen LogP contribution in [0.3, 0.4) is 0 Å². The van der Waals surface area contributed by atoms with Crippen molar-refractivity contribution in [3.05, 3.63) is 22.1 Å². The third kappa shape index (κ3) is 2.76. The van der Waals surface area contributed by atoms with Gasteiger partial charge >= 0.3 is 0 Å². The van der Waals surface area contributed by atoms with E-state index < -0.39 is 0 Å². The Kier molecular flexibility index (Phi) is 3.83. The number of nitrogens with zero attached hydrogens (tertiary/aromatic N) is 1. The first-order chi connectivity index (χ1) is 7.79. The van der Waals surface area contributed by atoms with Crippen molar-refractivity contribution < 1.29 is 0 Å². The topological polar surface area (TPSA) is 49.8 Å². The molecule has 1 aromatic heterocycles. The fraction of sp³-hybridized carbons (Fsp3) is 0.750. The Bertz CT molecular complexity index is 374. The fourth-order valence-electron chi connectivity index (χ4n) is 2.36. The van der Waals surface area contributed by atoms with E-state index in [4.69, 9.17) is 0 Å². The van der Waals surface area contributed by atoms with Gasteiger partial charge in [0.1, 0.15) is 0 Å². The van der Waals surface area contributed by atoms with E-state index in [2.05, 4.69) is 17.3 Å². The van der Waals surface area contributed by atoms with Crippen molar-refractivity contribution in [2.45, 2.75) is 39.2 Å². The highest BCUT2D eigenvalue weighted by atomic mass is 16.1. The Morgan fingerprint density at radius 3 is 3.12 bits per heavy atom. The first kappa shape index (κ1) is 11.5. The molecule has 0 spiro atoms. The molecule has 4 nitrogen and oxygen atoms in total. The van der Waals surface area contributed by atoms with Crippen molar-refractivity contribution in [2.24, 2.45) is 5.92 Å². The van der Waals surface area contributed by atoms with Crippen LogP contribution in [0.25, 0.3) is 0 Å². The van der Waals surface area contributed by atoms with E-state index in [0.29, 0.717) is 5.92 Å². The summed E-state index contributed by atoms with van der Waals surface area (Å²) in [5.74, 6) is 0.597. The summed E-state index contributed by atoms with van der Waals surface area (Å²) in [7, 11) is 0. The Labute approximate surface area is 96.0 Å². The maximum absolute atomic E-state index is 11.7. The van der Waals surface area contributed by atoms with Crippen LogP contribution in [0, 0.1) is 5.92 Å². The molecule has 1 unspecified atom stereocenters. The summed E-state index contributed by atoms with van der Waals surface area (Å²) in [6.45, 7) is 5.11. The predicted molar refractivity (Wildman–Crippen MR) is 64.6 cm³/mol. The van der Waals surface area contributed by atoms with Crippen LogP contribution in [0.5, 0.6) is 0 Å².